The summed E-state index contributed by atoms with van der Waals surface area (Å²) >= 11 is 1.50. The number of halogens is 2. The lowest BCUT2D eigenvalue weighted by molar-refractivity contribution is -0.0478. The number of aliphatic hydroxyl groups excluding tert-OH is 1. The molecule has 0 saturated heterocycles. The van der Waals surface area contributed by atoms with Crippen molar-refractivity contribution in [1.82, 2.24) is 14.7 Å². The summed E-state index contributed by atoms with van der Waals surface area (Å²) in [5.41, 5.74) is 1.70. The second kappa shape index (κ2) is 4.67. The van der Waals surface area contributed by atoms with Crippen molar-refractivity contribution in [3.63, 3.8) is 0 Å². The maximum absolute atomic E-state index is 12.8. The number of nitrogens with zero attached hydrogens (tertiary/aromatic N) is 2. The normalized spacial score (nSPS) is 12.5. The molecular formula is C10H13F2N3OS. The van der Waals surface area contributed by atoms with Gasteiger partial charge in [0.1, 0.15) is 6.61 Å². The zero-order valence-corrected chi connectivity index (χ0v) is 10.1. The molecule has 0 spiro atoms. The topological polar surface area (TPSA) is 49.6 Å². The molecule has 94 valence electrons. The van der Waals surface area contributed by atoms with Crippen LogP contribution in [0.15, 0.2) is 11.6 Å². The number of aryl methyl sites for hydroxylation is 1. The fourth-order valence-electron chi connectivity index (χ4n) is 1.57. The van der Waals surface area contributed by atoms with Crippen LogP contribution in [0.4, 0.5) is 8.78 Å². The number of rotatable bonds is 5. The Balaban J connectivity index is 2.04. The van der Waals surface area contributed by atoms with Gasteiger partial charge in [-0.15, -0.1) is 11.3 Å². The van der Waals surface area contributed by atoms with Crippen molar-refractivity contribution in [2.75, 3.05) is 13.2 Å². The van der Waals surface area contributed by atoms with E-state index in [1.807, 2.05) is 22.9 Å². The predicted molar refractivity (Wildman–Crippen MR) is 61.5 cm³/mol. The predicted octanol–water partition coefficient (Wildman–Crippen LogP) is 1.42. The number of nitrogens with one attached hydrogen (secondary N) is 1. The molecule has 2 heterocycles. The first-order valence-corrected chi connectivity index (χ1v) is 6.02. The third-order valence-corrected chi connectivity index (χ3v) is 3.23. The summed E-state index contributed by atoms with van der Waals surface area (Å²) in [6, 6.07) is 0. The Morgan fingerprint density at radius 3 is 3.06 bits per heavy atom. The lowest BCUT2D eigenvalue weighted by Crippen LogP contribution is -2.35. The van der Waals surface area contributed by atoms with Crippen LogP contribution in [-0.2, 0) is 6.54 Å². The molecule has 0 unspecified atom stereocenters. The lowest BCUT2D eigenvalue weighted by Gasteiger charge is -2.13. The summed E-state index contributed by atoms with van der Waals surface area (Å²) in [6.45, 7) is 0.472. The minimum absolute atomic E-state index is 0.305. The molecular weight excluding hydrogens is 248 g/mol. The molecule has 2 rings (SSSR count). The number of aromatic nitrogens is 2. The Morgan fingerprint density at radius 2 is 2.35 bits per heavy atom. The summed E-state index contributed by atoms with van der Waals surface area (Å²) in [4.78, 5) is 5.17. The first-order chi connectivity index (χ1) is 8.03. The number of alkyl halides is 2. The van der Waals surface area contributed by atoms with Gasteiger partial charge in [-0.05, 0) is 6.92 Å². The van der Waals surface area contributed by atoms with Crippen LogP contribution in [0.5, 0.6) is 0 Å². The monoisotopic (exact) mass is 261 g/mol. The molecule has 0 aliphatic heterocycles. The van der Waals surface area contributed by atoms with Crippen molar-refractivity contribution < 1.29 is 13.9 Å². The van der Waals surface area contributed by atoms with Crippen molar-refractivity contribution >= 4 is 16.3 Å². The van der Waals surface area contributed by atoms with E-state index < -0.39 is 19.1 Å². The zero-order valence-electron chi connectivity index (χ0n) is 9.28. The first kappa shape index (κ1) is 12.4. The van der Waals surface area contributed by atoms with Gasteiger partial charge < -0.3 is 10.4 Å². The van der Waals surface area contributed by atoms with Crippen molar-refractivity contribution in [2.45, 2.75) is 19.4 Å². The van der Waals surface area contributed by atoms with Crippen molar-refractivity contribution in [3.05, 3.63) is 23.0 Å². The molecule has 2 N–H and O–H groups in total. The van der Waals surface area contributed by atoms with Crippen LogP contribution >= 0.6 is 11.3 Å². The standard InChI is InChI=1S/C10H13F2N3OS/c1-7-8(4-13-5-10(11,12)6-16)15-2-3-17-9(15)14-7/h2-3,13,16H,4-6H2,1H3. The Bertz CT molecular complexity index is 509. The van der Waals surface area contributed by atoms with E-state index in [4.69, 9.17) is 5.11 Å². The smallest absolute Gasteiger partial charge is 0.282 e. The summed E-state index contributed by atoms with van der Waals surface area (Å²) in [5.74, 6) is -3.08. The Kier molecular flexibility index (Phi) is 3.41. The van der Waals surface area contributed by atoms with Gasteiger partial charge in [0.2, 0.25) is 0 Å². The average molecular weight is 261 g/mol. The van der Waals surface area contributed by atoms with Crippen LogP contribution in [-0.4, -0.2) is 33.6 Å². The van der Waals surface area contributed by atoms with Crippen LogP contribution in [0.1, 0.15) is 11.4 Å². The van der Waals surface area contributed by atoms with Crippen LogP contribution in [0, 0.1) is 6.92 Å². The summed E-state index contributed by atoms with van der Waals surface area (Å²) in [5, 5.41) is 13.0. The highest BCUT2D eigenvalue weighted by molar-refractivity contribution is 7.15. The Morgan fingerprint density at radius 1 is 1.59 bits per heavy atom. The van der Waals surface area contributed by atoms with Crippen LogP contribution < -0.4 is 5.32 Å². The van der Waals surface area contributed by atoms with E-state index in [9.17, 15) is 8.78 Å². The molecule has 17 heavy (non-hydrogen) atoms. The van der Waals surface area contributed by atoms with Gasteiger partial charge in [-0.25, -0.2) is 13.8 Å². The maximum Gasteiger partial charge on any atom is 0.282 e. The zero-order chi connectivity index (χ0) is 12.5. The Hall–Kier alpha value is -1.05. The van der Waals surface area contributed by atoms with E-state index in [0.29, 0.717) is 6.54 Å². The van der Waals surface area contributed by atoms with E-state index in [-0.39, 0.29) is 0 Å². The number of aliphatic hydroxyl groups is 1. The van der Waals surface area contributed by atoms with Crippen LogP contribution in [0.3, 0.4) is 0 Å². The van der Waals surface area contributed by atoms with Crippen molar-refractivity contribution in [3.8, 4) is 0 Å². The second-order valence-corrected chi connectivity index (χ2v) is 4.69. The minimum atomic E-state index is -3.08. The molecule has 0 aliphatic carbocycles. The van der Waals surface area contributed by atoms with E-state index in [2.05, 4.69) is 10.3 Å². The number of fused-ring (bicyclic) bond motifs is 1. The number of imidazole rings is 1. The Labute approximate surface area is 101 Å². The van der Waals surface area contributed by atoms with Gasteiger partial charge in [0.05, 0.1) is 17.9 Å². The van der Waals surface area contributed by atoms with Gasteiger partial charge in [-0.1, -0.05) is 0 Å². The largest absolute Gasteiger partial charge is 0.390 e. The molecule has 4 nitrogen and oxygen atoms in total. The van der Waals surface area contributed by atoms with E-state index in [1.54, 1.807) is 0 Å². The second-order valence-electron chi connectivity index (χ2n) is 3.82. The van der Waals surface area contributed by atoms with Gasteiger partial charge in [0, 0.05) is 18.1 Å². The first-order valence-electron chi connectivity index (χ1n) is 5.14. The van der Waals surface area contributed by atoms with Gasteiger partial charge >= 0.3 is 0 Å². The lowest BCUT2D eigenvalue weighted by atomic mass is 10.3. The third kappa shape index (κ3) is 2.62. The van der Waals surface area contributed by atoms with Gasteiger partial charge in [-0.3, -0.25) is 4.40 Å². The molecule has 2 aromatic heterocycles. The van der Waals surface area contributed by atoms with Crippen LogP contribution in [0.2, 0.25) is 0 Å². The van der Waals surface area contributed by atoms with E-state index in [1.165, 1.54) is 11.3 Å². The third-order valence-electron chi connectivity index (χ3n) is 2.47. The molecule has 0 amide bonds. The number of thiazole rings is 1. The number of hydrogen-bond donors (Lipinski definition) is 2. The molecule has 0 radical (unpaired) electrons. The average Bonchev–Trinajstić information content (AvgIpc) is 2.81. The summed E-state index contributed by atoms with van der Waals surface area (Å²) in [7, 11) is 0. The highest BCUT2D eigenvalue weighted by atomic mass is 32.1. The van der Waals surface area contributed by atoms with Gasteiger partial charge in [0.15, 0.2) is 4.96 Å². The molecule has 0 atom stereocenters. The van der Waals surface area contributed by atoms with E-state index >= 15 is 0 Å². The molecule has 0 saturated carbocycles. The summed E-state index contributed by atoms with van der Waals surface area (Å²) < 4.78 is 27.5. The quantitative estimate of drug-likeness (QED) is 0.856. The molecule has 0 fully saturated rings. The van der Waals surface area contributed by atoms with Crippen molar-refractivity contribution in [1.29, 1.82) is 0 Å². The molecule has 0 aromatic carbocycles. The molecule has 0 aliphatic rings. The van der Waals surface area contributed by atoms with Crippen LogP contribution in [0.25, 0.3) is 4.96 Å². The fraction of sp³-hybridized carbons (Fsp3) is 0.500. The molecule has 2 aromatic rings. The summed E-state index contributed by atoms with van der Waals surface area (Å²) in [6.07, 6.45) is 1.86. The van der Waals surface area contributed by atoms with Crippen molar-refractivity contribution in [2.24, 2.45) is 0 Å². The van der Waals surface area contributed by atoms with Gasteiger partial charge in [0.25, 0.3) is 5.92 Å². The maximum atomic E-state index is 12.8. The SMILES string of the molecule is Cc1nc2sccn2c1CNCC(F)(F)CO. The number of hydrogen-bond acceptors (Lipinski definition) is 4. The van der Waals surface area contributed by atoms with E-state index in [0.717, 1.165) is 16.3 Å². The fourth-order valence-corrected chi connectivity index (χ4v) is 2.35. The van der Waals surface area contributed by atoms with Gasteiger partial charge in [-0.2, -0.15) is 0 Å². The highest BCUT2D eigenvalue weighted by Gasteiger charge is 2.27. The molecule has 7 heteroatoms. The highest BCUT2D eigenvalue weighted by Crippen LogP contribution is 2.17. The molecule has 0 bridgehead atoms. The minimum Gasteiger partial charge on any atom is -0.390 e.